The van der Waals surface area contributed by atoms with Crippen molar-refractivity contribution in [2.75, 3.05) is 19.6 Å². The highest BCUT2D eigenvalue weighted by atomic mass is 16.2. The number of nitrogens with one attached hydrogen (secondary N) is 1. The fourth-order valence-corrected chi connectivity index (χ4v) is 2.95. The lowest BCUT2D eigenvalue weighted by Gasteiger charge is -2.32. The topological polar surface area (TPSA) is 75.4 Å². The quantitative estimate of drug-likeness (QED) is 0.840. The van der Waals surface area contributed by atoms with E-state index < -0.39 is 0 Å². The normalized spacial score (nSPS) is 19.2. The van der Waals surface area contributed by atoms with E-state index in [9.17, 15) is 9.59 Å². The number of hydrogen-bond donors (Lipinski definition) is 2. The molecule has 5 heteroatoms. The molecule has 2 rings (SSSR count). The zero-order chi connectivity index (χ0) is 16.7. The summed E-state index contributed by atoms with van der Waals surface area (Å²) in [6.07, 6.45) is 2.93. The molecule has 0 radical (unpaired) electrons. The lowest BCUT2D eigenvalue weighted by Crippen LogP contribution is -2.46. The third-order valence-corrected chi connectivity index (χ3v) is 4.32. The number of rotatable bonds is 6. The smallest absolute Gasteiger partial charge is 0.224 e. The summed E-state index contributed by atoms with van der Waals surface area (Å²) >= 11 is 0. The van der Waals surface area contributed by atoms with E-state index in [2.05, 4.69) is 5.32 Å². The summed E-state index contributed by atoms with van der Waals surface area (Å²) in [6.45, 7) is 3.96. The molecule has 2 amide bonds. The summed E-state index contributed by atoms with van der Waals surface area (Å²) in [6, 6.07) is 9.37. The van der Waals surface area contributed by atoms with Gasteiger partial charge >= 0.3 is 0 Å². The van der Waals surface area contributed by atoms with Gasteiger partial charge in [-0.25, -0.2) is 0 Å². The molecule has 126 valence electrons. The van der Waals surface area contributed by atoms with E-state index in [-0.39, 0.29) is 30.2 Å². The Morgan fingerprint density at radius 2 is 2.09 bits per heavy atom. The highest BCUT2D eigenvalue weighted by Gasteiger charge is 2.28. The van der Waals surface area contributed by atoms with Crippen molar-refractivity contribution in [1.82, 2.24) is 10.2 Å². The summed E-state index contributed by atoms with van der Waals surface area (Å²) in [7, 11) is 0. The number of nitrogens with zero attached hydrogens (tertiary/aromatic N) is 1. The summed E-state index contributed by atoms with van der Waals surface area (Å²) in [4.78, 5) is 26.4. The number of amides is 2. The van der Waals surface area contributed by atoms with Gasteiger partial charge in [-0.2, -0.15) is 0 Å². The first-order chi connectivity index (χ1) is 11.1. The molecule has 1 fully saturated rings. The van der Waals surface area contributed by atoms with Crippen molar-refractivity contribution in [2.24, 2.45) is 11.7 Å². The second-order valence-corrected chi connectivity index (χ2v) is 6.19. The van der Waals surface area contributed by atoms with Gasteiger partial charge in [-0.15, -0.1) is 0 Å². The first-order valence-corrected chi connectivity index (χ1v) is 8.47. The van der Waals surface area contributed by atoms with Crippen molar-refractivity contribution in [2.45, 2.75) is 38.6 Å². The number of carbonyl (C=O) groups is 2. The molecular formula is C18H27N3O2. The Morgan fingerprint density at radius 3 is 2.78 bits per heavy atom. The maximum atomic E-state index is 12.5. The fraction of sp³-hybridized carbons (Fsp3) is 0.556. The largest absolute Gasteiger partial charge is 0.356 e. The maximum Gasteiger partial charge on any atom is 0.224 e. The maximum absolute atomic E-state index is 12.5. The van der Waals surface area contributed by atoms with Gasteiger partial charge in [-0.1, -0.05) is 37.3 Å². The van der Waals surface area contributed by atoms with Crippen LogP contribution in [0.15, 0.2) is 30.3 Å². The molecule has 1 saturated heterocycles. The minimum absolute atomic E-state index is 0.0364. The summed E-state index contributed by atoms with van der Waals surface area (Å²) in [5, 5.41) is 2.93. The van der Waals surface area contributed by atoms with Gasteiger partial charge in [0.05, 0.1) is 5.92 Å². The average molecular weight is 317 g/mol. The minimum atomic E-state index is -0.294. The third kappa shape index (κ3) is 5.06. The molecule has 1 aliphatic heterocycles. The van der Waals surface area contributed by atoms with Crippen LogP contribution in [0.3, 0.4) is 0 Å². The zero-order valence-electron chi connectivity index (χ0n) is 13.8. The van der Waals surface area contributed by atoms with Gasteiger partial charge in [0.15, 0.2) is 0 Å². The van der Waals surface area contributed by atoms with Crippen LogP contribution in [0.1, 0.15) is 44.2 Å². The van der Waals surface area contributed by atoms with Crippen molar-refractivity contribution >= 4 is 11.8 Å². The molecule has 2 atom stereocenters. The monoisotopic (exact) mass is 317 g/mol. The molecule has 0 bridgehead atoms. The Kier molecular flexibility index (Phi) is 6.59. The molecule has 1 aromatic carbocycles. The van der Waals surface area contributed by atoms with Crippen molar-refractivity contribution in [3.63, 3.8) is 0 Å². The van der Waals surface area contributed by atoms with Crippen LogP contribution in [0, 0.1) is 5.92 Å². The average Bonchev–Trinajstić information content (AvgIpc) is 2.60. The highest BCUT2D eigenvalue weighted by molar-refractivity contribution is 5.81. The Morgan fingerprint density at radius 1 is 1.35 bits per heavy atom. The second-order valence-electron chi connectivity index (χ2n) is 6.19. The van der Waals surface area contributed by atoms with Crippen LogP contribution in [0.5, 0.6) is 0 Å². The molecule has 1 heterocycles. The van der Waals surface area contributed by atoms with E-state index >= 15 is 0 Å². The van der Waals surface area contributed by atoms with E-state index in [1.807, 2.05) is 37.3 Å². The standard InChI is InChI=1S/C18H27N3O2/c1-2-10-20-18(23)15-9-6-11-21(13-15)17(22)12-16(19)14-7-4-3-5-8-14/h3-5,7-8,15-16H,2,6,9-13,19H2,1H3,(H,20,23). The first kappa shape index (κ1) is 17.5. The number of benzene rings is 1. The van der Waals surface area contributed by atoms with E-state index in [1.54, 1.807) is 4.90 Å². The minimum Gasteiger partial charge on any atom is -0.356 e. The molecular weight excluding hydrogens is 290 g/mol. The molecule has 2 unspecified atom stereocenters. The van der Waals surface area contributed by atoms with Crippen LogP contribution >= 0.6 is 0 Å². The zero-order valence-corrected chi connectivity index (χ0v) is 13.8. The molecule has 23 heavy (non-hydrogen) atoms. The fourth-order valence-electron chi connectivity index (χ4n) is 2.95. The van der Waals surface area contributed by atoms with Gasteiger partial charge in [0.1, 0.15) is 0 Å². The SMILES string of the molecule is CCCNC(=O)C1CCCN(C(=O)CC(N)c2ccccc2)C1. The second kappa shape index (κ2) is 8.67. The number of nitrogens with two attached hydrogens (primary N) is 1. The van der Waals surface area contributed by atoms with Crippen LogP contribution < -0.4 is 11.1 Å². The van der Waals surface area contributed by atoms with Crippen molar-refractivity contribution in [3.8, 4) is 0 Å². The molecule has 0 saturated carbocycles. The first-order valence-electron chi connectivity index (χ1n) is 8.47. The molecule has 0 spiro atoms. The summed E-state index contributed by atoms with van der Waals surface area (Å²) in [5.74, 6) is 0.0123. The predicted molar refractivity (Wildman–Crippen MR) is 90.6 cm³/mol. The van der Waals surface area contributed by atoms with Gasteiger partial charge < -0.3 is 16.0 Å². The van der Waals surface area contributed by atoms with E-state index in [0.717, 1.165) is 31.4 Å². The molecule has 5 nitrogen and oxygen atoms in total. The number of carbonyl (C=O) groups excluding carboxylic acids is 2. The van der Waals surface area contributed by atoms with Gasteiger partial charge in [0.2, 0.25) is 11.8 Å². The third-order valence-electron chi connectivity index (χ3n) is 4.32. The number of piperidine rings is 1. The van der Waals surface area contributed by atoms with Crippen LogP contribution in [0.4, 0.5) is 0 Å². The van der Waals surface area contributed by atoms with Gasteiger partial charge in [-0.3, -0.25) is 9.59 Å². The lowest BCUT2D eigenvalue weighted by atomic mass is 9.96. The Hall–Kier alpha value is -1.88. The number of likely N-dealkylation sites (tertiary alicyclic amines) is 1. The van der Waals surface area contributed by atoms with Crippen molar-refractivity contribution in [3.05, 3.63) is 35.9 Å². The molecule has 1 aliphatic rings. The van der Waals surface area contributed by atoms with Crippen LogP contribution in [0.25, 0.3) is 0 Å². The molecule has 1 aromatic rings. The summed E-state index contributed by atoms with van der Waals surface area (Å²) in [5.41, 5.74) is 7.10. The van der Waals surface area contributed by atoms with Crippen LogP contribution in [-0.2, 0) is 9.59 Å². The van der Waals surface area contributed by atoms with E-state index in [4.69, 9.17) is 5.73 Å². The Bertz CT molecular complexity index is 518. The van der Waals surface area contributed by atoms with Crippen LogP contribution in [0.2, 0.25) is 0 Å². The molecule has 0 aromatic heterocycles. The lowest BCUT2D eigenvalue weighted by molar-refractivity contribution is -0.136. The predicted octanol–water partition coefficient (Wildman–Crippen LogP) is 1.84. The van der Waals surface area contributed by atoms with Crippen LogP contribution in [-0.4, -0.2) is 36.3 Å². The van der Waals surface area contributed by atoms with E-state index in [1.165, 1.54) is 0 Å². The number of hydrogen-bond acceptors (Lipinski definition) is 3. The Labute approximate surface area is 138 Å². The van der Waals surface area contributed by atoms with Gasteiger partial charge in [-0.05, 0) is 24.8 Å². The van der Waals surface area contributed by atoms with Crippen molar-refractivity contribution in [1.29, 1.82) is 0 Å². The van der Waals surface area contributed by atoms with Crippen molar-refractivity contribution < 1.29 is 9.59 Å². The van der Waals surface area contributed by atoms with E-state index in [0.29, 0.717) is 13.1 Å². The molecule has 0 aliphatic carbocycles. The highest BCUT2D eigenvalue weighted by Crippen LogP contribution is 2.20. The Balaban J connectivity index is 1.88. The molecule has 3 N–H and O–H groups in total. The van der Waals surface area contributed by atoms with Gasteiger partial charge in [0.25, 0.3) is 0 Å². The summed E-state index contributed by atoms with van der Waals surface area (Å²) < 4.78 is 0. The van der Waals surface area contributed by atoms with Gasteiger partial charge in [0, 0.05) is 32.1 Å².